The monoisotopic (exact) mass is 258 g/mol. The average molecular weight is 258 g/mol. The second kappa shape index (κ2) is 7.43. The van der Waals surface area contributed by atoms with E-state index in [1.807, 2.05) is 7.11 Å². The van der Waals surface area contributed by atoms with Gasteiger partial charge in [-0.3, -0.25) is 0 Å². The number of hydrogen-bond donors (Lipinski definition) is 1. The van der Waals surface area contributed by atoms with E-state index in [0.717, 1.165) is 39.0 Å². The van der Waals surface area contributed by atoms with Crippen LogP contribution >= 0.6 is 0 Å². The van der Waals surface area contributed by atoms with Crippen molar-refractivity contribution in [3.8, 4) is 0 Å². The summed E-state index contributed by atoms with van der Waals surface area (Å²) in [6.45, 7) is 10.8. The molecule has 0 amide bonds. The van der Waals surface area contributed by atoms with E-state index in [2.05, 4.69) is 31.0 Å². The maximum absolute atomic E-state index is 5.60. The Morgan fingerprint density at radius 3 is 2.61 bits per heavy atom. The maximum atomic E-state index is 5.60. The summed E-state index contributed by atoms with van der Waals surface area (Å²) >= 11 is 0. The number of hydrogen-bond acceptors (Lipinski definition) is 4. The first-order valence-corrected chi connectivity index (χ1v) is 7.07. The standard InChI is InChI=1S/C14H30N2O2/c1-6-15-13(14(2,3)18-5)8-10-16-9-7-12(11-16)17-4/h12-13,15H,6-11H2,1-5H3. The summed E-state index contributed by atoms with van der Waals surface area (Å²) in [5, 5.41) is 3.54. The SMILES string of the molecule is CCNC(CCN1CCC(OC)C1)C(C)(C)OC. The van der Waals surface area contributed by atoms with Crippen molar-refractivity contribution in [1.82, 2.24) is 10.2 Å². The van der Waals surface area contributed by atoms with Gasteiger partial charge < -0.3 is 19.7 Å². The van der Waals surface area contributed by atoms with Crippen LogP contribution in [-0.4, -0.2) is 63.0 Å². The molecule has 18 heavy (non-hydrogen) atoms. The van der Waals surface area contributed by atoms with Gasteiger partial charge in [-0.25, -0.2) is 0 Å². The van der Waals surface area contributed by atoms with Crippen molar-refractivity contribution in [1.29, 1.82) is 0 Å². The first-order valence-electron chi connectivity index (χ1n) is 7.07. The van der Waals surface area contributed by atoms with Crippen LogP contribution in [-0.2, 0) is 9.47 Å². The van der Waals surface area contributed by atoms with Crippen LogP contribution in [0.5, 0.6) is 0 Å². The van der Waals surface area contributed by atoms with Crippen molar-refractivity contribution < 1.29 is 9.47 Å². The molecule has 2 atom stereocenters. The summed E-state index contributed by atoms with van der Waals surface area (Å²) in [7, 11) is 3.60. The van der Waals surface area contributed by atoms with E-state index < -0.39 is 0 Å². The van der Waals surface area contributed by atoms with Crippen LogP contribution in [0, 0.1) is 0 Å². The molecule has 0 aliphatic carbocycles. The van der Waals surface area contributed by atoms with Crippen molar-refractivity contribution >= 4 is 0 Å². The van der Waals surface area contributed by atoms with Crippen LogP contribution in [0.25, 0.3) is 0 Å². The first kappa shape index (κ1) is 15.9. The summed E-state index contributed by atoms with van der Waals surface area (Å²) in [6, 6.07) is 0.397. The third-order valence-corrected chi connectivity index (χ3v) is 4.11. The van der Waals surface area contributed by atoms with Crippen molar-refractivity contribution in [2.75, 3.05) is 40.4 Å². The lowest BCUT2D eigenvalue weighted by Crippen LogP contribution is -2.49. The van der Waals surface area contributed by atoms with Gasteiger partial charge in [-0.05, 0) is 39.8 Å². The Kier molecular flexibility index (Phi) is 6.57. The molecule has 1 heterocycles. The molecule has 1 saturated heterocycles. The van der Waals surface area contributed by atoms with Gasteiger partial charge in [0.15, 0.2) is 0 Å². The lowest BCUT2D eigenvalue weighted by molar-refractivity contribution is -0.0142. The number of likely N-dealkylation sites (tertiary alicyclic amines) is 1. The Labute approximate surface area is 112 Å². The van der Waals surface area contributed by atoms with E-state index in [1.165, 1.54) is 0 Å². The molecule has 1 rings (SSSR count). The molecule has 1 N–H and O–H groups in total. The fourth-order valence-corrected chi connectivity index (χ4v) is 2.59. The molecule has 1 aliphatic heterocycles. The molecular weight excluding hydrogens is 228 g/mol. The van der Waals surface area contributed by atoms with Gasteiger partial charge in [-0.1, -0.05) is 6.92 Å². The molecule has 0 spiro atoms. The predicted molar refractivity (Wildman–Crippen MR) is 75.0 cm³/mol. The Hall–Kier alpha value is -0.160. The molecule has 0 saturated carbocycles. The lowest BCUT2D eigenvalue weighted by Gasteiger charge is -2.34. The highest BCUT2D eigenvalue weighted by Crippen LogP contribution is 2.19. The molecule has 2 unspecified atom stereocenters. The number of likely N-dealkylation sites (N-methyl/N-ethyl adjacent to an activating group) is 1. The minimum atomic E-state index is -0.115. The summed E-state index contributed by atoms with van der Waals surface area (Å²) in [5.41, 5.74) is -0.115. The Balaban J connectivity index is 2.38. The number of nitrogens with zero attached hydrogens (tertiary/aromatic N) is 1. The summed E-state index contributed by atoms with van der Waals surface area (Å²) in [6.07, 6.45) is 2.71. The number of ether oxygens (including phenoxy) is 2. The van der Waals surface area contributed by atoms with Gasteiger partial charge >= 0.3 is 0 Å². The highest BCUT2D eigenvalue weighted by atomic mass is 16.5. The zero-order chi connectivity index (χ0) is 13.6. The average Bonchev–Trinajstić information content (AvgIpc) is 2.82. The molecule has 4 nitrogen and oxygen atoms in total. The van der Waals surface area contributed by atoms with Gasteiger partial charge in [-0.15, -0.1) is 0 Å². The minimum Gasteiger partial charge on any atom is -0.380 e. The molecule has 1 fully saturated rings. The predicted octanol–water partition coefficient (Wildman–Crippen LogP) is 1.50. The molecule has 1 aliphatic rings. The smallest absolute Gasteiger partial charge is 0.0775 e. The normalized spacial score (nSPS) is 23.5. The van der Waals surface area contributed by atoms with Crippen LogP contribution in [0.3, 0.4) is 0 Å². The van der Waals surface area contributed by atoms with E-state index in [1.54, 1.807) is 7.11 Å². The van der Waals surface area contributed by atoms with Gasteiger partial charge in [0.25, 0.3) is 0 Å². The first-order chi connectivity index (χ1) is 8.53. The topological polar surface area (TPSA) is 33.7 Å². The molecule has 0 aromatic heterocycles. The van der Waals surface area contributed by atoms with Gasteiger partial charge in [0.2, 0.25) is 0 Å². The zero-order valence-corrected chi connectivity index (χ0v) is 12.7. The second-order valence-electron chi connectivity index (χ2n) is 5.65. The van der Waals surface area contributed by atoms with Crippen molar-refractivity contribution in [3.63, 3.8) is 0 Å². The number of rotatable bonds is 8. The lowest BCUT2D eigenvalue weighted by atomic mass is 9.95. The van der Waals surface area contributed by atoms with E-state index in [4.69, 9.17) is 9.47 Å². The molecule has 108 valence electrons. The molecule has 0 radical (unpaired) electrons. The molecule has 0 aromatic rings. The number of methoxy groups -OCH3 is 2. The maximum Gasteiger partial charge on any atom is 0.0775 e. The summed E-state index contributed by atoms with van der Waals surface area (Å²) in [5.74, 6) is 0. The summed E-state index contributed by atoms with van der Waals surface area (Å²) in [4.78, 5) is 2.49. The highest BCUT2D eigenvalue weighted by molar-refractivity contribution is 4.87. The largest absolute Gasteiger partial charge is 0.380 e. The van der Waals surface area contributed by atoms with Gasteiger partial charge in [0.1, 0.15) is 0 Å². The van der Waals surface area contributed by atoms with E-state index in [-0.39, 0.29) is 5.60 Å². The van der Waals surface area contributed by atoms with E-state index >= 15 is 0 Å². The fourth-order valence-electron chi connectivity index (χ4n) is 2.59. The van der Waals surface area contributed by atoms with Gasteiger partial charge in [0, 0.05) is 33.4 Å². The molecule has 4 heteroatoms. The Morgan fingerprint density at radius 1 is 1.39 bits per heavy atom. The second-order valence-corrected chi connectivity index (χ2v) is 5.65. The Bertz CT molecular complexity index is 234. The minimum absolute atomic E-state index is 0.115. The Morgan fingerprint density at radius 2 is 2.11 bits per heavy atom. The van der Waals surface area contributed by atoms with E-state index in [9.17, 15) is 0 Å². The molecule has 0 bridgehead atoms. The van der Waals surface area contributed by atoms with E-state index in [0.29, 0.717) is 12.1 Å². The fraction of sp³-hybridized carbons (Fsp3) is 1.00. The van der Waals surface area contributed by atoms with Crippen molar-refractivity contribution in [2.45, 2.75) is 51.4 Å². The van der Waals surface area contributed by atoms with Crippen LogP contribution in [0.1, 0.15) is 33.6 Å². The van der Waals surface area contributed by atoms with Crippen LogP contribution < -0.4 is 5.32 Å². The van der Waals surface area contributed by atoms with Crippen molar-refractivity contribution in [2.24, 2.45) is 0 Å². The third-order valence-electron chi connectivity index (χ3n) is 4.11. The molecular formula is C14H30N2O2. The molecule has 0 aromatic carbocycles. The summed E-state index contributed by atoms with van der Waals surface area (Å²) < 4.78 is 11.0. The van der Waals surface area contributed by atoms with Crippen LogP contribution in [0.4, 0.5) is 0 Å². The zero-order valence-electron chi connectivity index (χ0n) is 12.7. The highest BCUT2D eigenvalue weighted by Gasteiger charge is 2.30. The van der Waals surface area contributed by atoms with Crippen molar-refractivity contribution in [3.05, 3.63) is 0 Å². The quantitative estimate of drug-likeness (QED) is 0.715. The van der Waals surface area contributed by atoms with Crippen LogP contribution in [0.2, 0.25) is 0 Å². The van der Waals surface area contributed by atoms with Crippen LogP contribution in [0.15, 0.2) is 0 Å². The number of nitrogens with one attached hydrogen (secondary N) is 1. The third kappa shape index (κ3) is 4.50. The van der Waals surface area contributed by atoms with Gasteiger partial charge in [0.05, 0.1) is 11.7 Å². The van der Waals surface area contributed by atoms with Gasteiger partial charge in [-0.2, -0.15) is 0 Å².